The van der Waals surface area contributed by atoms with Gasteiger partial charge in [-0.3, -0.25) is 13.9 Å². The highest BCUT2D eigenvalue weighted by Gasteiger charge is 2.33. The number of amides is 2. The van der Waals surface area contributed by atoms with Crippen LogP contribution < -0.4 is 23.8 Å². The zero-order valence-electron chi connectivity index (χ0n) is 25.2. The van der Waals surface area contributed by atoms with E-state index in [0.29, 0.717) is 28.5 Å². The number of carbonyl (C=O) groups excluding carboxylic acids is 2. The zero-order chi connectivity index (χ0) is 31.7. The second-order valence-electron chi connectivity index (χ2n) is 9.87. The monoisotopic (exact) mass is 631 g/mol. The van der Waals surface area contributed by atoms with Crippen molar-refractivity contribution >= 4 is 39.1 Å². The molecule has 12 heteroatoms. The highest BCUT2D eigenvalue weighted by Crippen LogP contribution is 2.32. The zero-order valence-corrected chi connectivity index (χ0v) is 26.7. The van der Waals surface area contributed by atoms with Gasteiger partial charge in [0.05, 0.1) is 31.9 Å². The molecule has 0 aromatic heterocycles. The Morgan fingerprint density at radius 1 is 0.907 bits per heavy atom. The Bertz CT molecular complexity index is 1520. The van der Waals surface area contributed by atoms with Crippen LogP contribution in [-0.2, 0) is 26.2 Å². The van der Waals surface area contributed by atoms with Gasteiger partial charge in [-0.1, -0.05) is 30.7 Å². The molecule has 0 aliphatic rings. The minimum Gasteiger partial charge on any atom is -0.497 e. The Kier molecular flexibility index (Phi) is 11.7. The van der Waals surface area contributed by atoms with Gasteiger partial charge >= 0.3 is 0 Å². The summed E-state index contributed by atoms with van der Waals surface area (Å²) in [6.45, 7) is 4.87. The molecule has 3 aromatic carbocycles. The summed E-state index contributed by atoms with van der Waals surface area (Å²) in [6, 6.07) is 16.4. The summed E-state index contributed by atoms with van der Waals surface area (Å²) in [5.74, 6) is 0.197. The number of carbonyl (C=O) groups is 2. The second kappa shape index (κ2) is 15.0. The number of halogens is 1. The lowest BCUT2D eigenvalue weighted by Crippen LogP contribution is -2.52. The number of nitrogens with one attached hydrogen (secondary N) is 1. The van der Waals surface area contributed by atoms with Crippen molar-refractivity contribution in [1.82, 2.24) is 10.2 Å². The molecule has 3 rings (SSSR count). The molecule has 0 aliphatic carbocycles. The average molecular weight is 632 g/mol. The SMILES string of the molecule is CC[C@@H](C)NC(=O)[C@H](C)N(Cc1cccc(OC)c1)C(=O)CN(c1ccc(Cl)cc1)S(=O)(=O)c1ccc(OC)c(OC)c1. The first-order valence-electron chi connectivity index (χ1n) is 13.7. The summed E-state index contributed by atoms with van der Waals surface area (Å²) < 4.78 is 45.1. The fraction of sp³-hybridized carbons (Fsp3) is 0.355. The molecule has 10 nitrogen and oxygen atoms in total. The number of hydrogen-bond donors (Lipinski definition) is 1. The molecule has 0 saturated carbocycles. The van der Waals surface area contributed by atoms with Crippen LogP contribution in [-0.4, -0.2) is 65.1 Å². The van der Waals surface area contributed by atoms with E-state index in [9.17, 15) is 18.0 Å². The Morgan fingerprint density at radius 3 is 2.19 bits per heavy atom. The average Bonchev–Trinajstić information content (AvgIpc) is 3.01. The predicted molar refractivity (Wildman–Crippen MR) is 166 cm³/mol. The van der Waals surface area contributed by atoms with Gasteiger partial charge in [-0.2, -0.15) is 0 Å². The van der Waals surface area contributed by atoms with E-state index in [-0.39, 0.29) is 34.8 Å². The predicted octanol–water partition coefficient (Wildman–Crippen LogP) is 4.89. The van der Waals surface area contributed by atoms with Gasteiger partial charge in [0, 0.05) is 23.7 Å². The van der Waals surface area contributed by atoms with Crippen LogP contribution in [0.5, 0.6) is 17.2 Å². The van der Waals surface area contributed by atoms with Crippen molar-refractivity contribution in [1.29, 1.82) is 0 Å². The summed E-state index contributed by atoms with van der Waals surface area (Å²) in [7, 11) is 0.0605. The number of sulfonamides is 1. The molecular formula is C31H38ClN3O7S. The molecule has 2 amide bonds. The Morgan fingerprint density at radius 2 is 1.58 bits per heavy atom. The van der Waals surface area contributed by atoms with Crippen LogP contribution in [0.4, 0.5) is 5.69 Å². The van der Waals surface area contributed by atoms with Gasteiger partial charge in [0.15, 0.2) is 11.5 Å². The van der Waals surface area contributed by atoms with Gasteiger partial charge < -0.3 is 24.4 Å². The van der Waals surface area contributed by atoms with Gasteiger partial charge in [-0.15, -0.1) is 0 Å². The third-order valence-electron chi connectivity index (χ3n) is 6.99. The van der Waals surface area contributed by atoms with Crippen LogP contribution in [0.3, 0.4) is 0 Å². The van der Waals surface area contributed by atoms with Crippen LogP contribution in [0.1, 0.15) is 32.8 Å². The molecule has 43 heavy (non-hydrogen) atoms. The van der Waals surface area contributed by atoms with E-state index in [4.69, 9.17) is 25.8 Å². The standard InChI is InChI=1S/C31H38ClN3O7S/c1-7-21(2)33-31(37)22(3)34(19-23-9-8-10-26(17-23)40-4)30(36)20-35(25-13-11-24(32)12-14-25)43(38,39)27-15-16-28(41-5)29(18-27)42-6/h8-18,21-22H,7,19-20H2,1-6H3,(H,33,37)/t21-,22+/m1/s1. The molecule has 232 valence electrons. The van der Waals surface area contributed by atoms with Crippen LogP contribution in [0.2, 0.25) is 5.02 Å². The van der Waals surface area contributed by atoms with E-state index in [1.54, 1.807) is 31.2 Å². The number of ether oxygens (including phenoxy) is 3. The van der Waals surface area contributed by atoms with Crippen LogP contribution >= 0.6 is 11.6 Å². The van der Waals surface area contributed by atoms with Gasteiger partial charge in [-0.25, -0.2) is 8.42 Å². The molecule has 1 N–H and O–H groups in total. The maximum Gasteiger partial charge on any atom is 0.264 e. The summed E-state index contributed by atoms with van der Waals surface area (Å²) >= 11 is 6.09. The van der Waals surface area contributed by atoms with Crippen LogP contribution in [0.25, 0.3) is 0 Å². The maximum absolute atomic E-state index is 14.1. The quantitative estimate of drug-likeness (QED) is 0.269. The number of methoxy groups -OCH3 is 3. The fourth-order valence-electron chi connectivity index (χ4n) is 4.26. The first kappa shape index (κ1) is 33.5. The van der Waals surface area contributed by atoms with Gasteiger partial charge in [0.1, 0.15) is 18.3 Å². The van der Waals surface area contributed by atoms with Crippen molar-refractivity contribution in [2.75, 3.05) is 32.2 Å². The van der Waals surface area contributed by atoms with Crippen molar-refractivity contribution in [2.45, 2.75) is 50.7 Å². The molecule has 0 bridgehead atoms. The molecule has 0 fully saturated rings. The number of nitrogens with zero attached hydrogens (tertiary/aromatic N) is 2. The fourth-order valence-corrected chi connectivity index (χ4v) is 5.81. The van der Waals surface area contributed by atoms with Crippen LogP contribution in [0.15, 0.2) is 71.6 Å². The van der Waals surface area contributed by atoms with Crippen molar-refractivity contribution < 1.29 is 32.2 Å². The summed E-state index contributed by atoms with van der Waals surface area (Å²) in [5.41, 5.74) is 0.919. The number of anilines is 1. The molecule has 0 heterocycles. The molecule has 0 aliphatic heterocycles. The first-order valence-corrected chi connectivity index (χ1v) is 15.5. The summed E-state index contributed by atoms with van der Waals surface area (Å²) in [6.07, 6.45) is 0.705. The first-order chi connectivity index (χ1) is 20.4. The van der Waals surface area contributed by atoms with Crippen molar-refractivity contribution in [3.8, 4) is 17.2 Å². The van der Waals surface area contributed by atoms with E-state index in [1.807, 2.05) is 13.8 Å². The lowest BCUT2D eigenvalue weighted by Gasteiger charge is -2.32. The molecule has 3 aromatic rings. The third-order valence-corrected chi connectivity index (χ3v) is 9.01. The summed E-state index contributed by atoms with van der Waals surface area (Å²) in [4.78, 5) is 28.6. The smallest absolute Gasteiger partial charge is 0.264 e. The maximum atomic E-state index is 14.1. The normalized spacial score (nSPS) is 12.5. The number of hydrogen-bond acceptors (Lipinski definition) is 7. The van der Waals surface area contributed by atoms with Gasteiger partial charge in [0.25, 0.3) is 10.0 Å². The van der Waals surface area contributed by atoms with Gasteiger partial charge in [-0.05, 0) is 74.4 Å². The van der Waals surface area contributed by atoms with Gasteiger partial charge in [0.2, 0.25) is 11.8 Å². The van der Waals surface area contributed by atoms with Crippen molar-refractivity contribution in [2.24, 2.45) is 0 Å². The molecule has 2 atom stereocenters. The Balaban J connectivity index is 2.07. The van der Waals surface area contributed by atoms with Crippen LogP contribution in [0, 0.1) is 0 Å². The van der Waals surface area contributed by atoms with E-state index < -0.39 is 28.5 Å². The largest absolute Gasteiger partial charge is 0.497 e. The lowest BCUT2D eigenvalue weighted by molar-refractivity contribution is -0.139. The summed E-state index contributed by atoms with van der Waals surface area (Å²) in [5, 5.41) is 3.31. The van der Waals surface area contributed by atoms with E-state index in [2.05, 4.69) is 5.32 Å². The van der Waals surface area contributed by atoms with E-state index in [0.717, 1.165) is 4.31 Å². The van der Waals surface area contributed by atoms with Crippen molar-refractivity contribution in [3.63, 3.8) is 0 Å². The minimum atomic E-state index is -4.32. The van der Waals surface area contributed by atoms with E-state index in [1.165, 1.54) is 68.7 Å². The molecular weight excluding hydrogens is 594 g/mol. The highest BCUT2D eigenvalue weighted by molar-refractivity contribution is 7.92. The minimum absolute atomic E-state index is 0.0377. The molecule has 0 radical (unpaired) electrons. The van der Waals surface area contributed by atoms with Crippen molar-refractivity contribution in [3.05, 3.63) is 77.3 Å². The molecule has 0 saturated heterocycles. The second-order valence-corrected chi connectivity index (χ2v) is 12.2. The number of benzene rings is 3. The van der Waals surface area contributed by atoms with E-state index >= 15 is 0 Å². The molecule has 0 unspecified atom stereocenters. The Labute approximate surface area is 258 Å². The third kappa shape index (κ3) is 8.32. The number of rotatable bonds is 14. The Hall–Kier alpha value is -3.96. The lowest BCUT2D eigenvalue weighted by atomic mass is 10.1. The highest BCUT2D eigenvalue weighted by atomic mass is 35.5. The molecule has 0 spiro atoms. The topological polar surface area (TPSA) is 114 Å².